The summed E-state index contributed by atoms with van der Waals surface area (Å²) < 4.78 is 3.54. The SMILES string of the molecule is CCCCC(CC)CC1(CCCCCCO)c2c[c]([Sn]([CH3])([CH3])[CH3])sc2-c2s[c]([Sn]([CH3])([CH3])[CH3])cc21. The number of hydrogen-bond donors (Lipinski definition) is 1. The van der Waals surface area contributed by atoms with Crippen LogP contribution in [0.15, 0.2) is 12.1 Å². The third kappa shape index (κ3) is 6.50. The monoisotopic (exact) mass is 718 g/mol. The Morgan fingerprint density at radius 1 is 0.794 bits per heavy atom. The van der Waals surface area contributed by atoms with Crippen molar-refractivity contribution in [2.45, 2.75) is 113 Å². The summed E-state index contributed by atoms with van der Waals surface area (Å²) in [6.45, 7) is 5.12. The van der Waals surface area contributed by atoms with Crippen molar-refractivity contribution in [2.24, 2.45) is 5.92 Å². The van der Waals surface area contributed by atoms with Crippen LogP contribution in [0.2, 0.25) is 29.6 Å². The van der Waals surface area contributed by atoms with E-state index in [1.54, 1.807) is 26.7 Å². The molecular formula is C29H50OS2Sn2. The number of thiophene rings is 2. The molecule has 0 fully saturated rings. The van der Waals surface area contributed by atoms with Gasteiger partial charge in [0, 0.05) is 0 Å². The number of aliphatic hydroxyl groups is 1. The van der Waals surface area contributed by atoms with Gasteiger partial charge >= 0.3 is 229 Å². The normalized spacial score (nSPS) is 16.0. The van der Waals surface area contributed by atoms with E-state index in [0.717, 1.165) is 12.3 Å². The van der Waals surface area contributed by atoms with Gasteiger partial charge in [-0.15, -0.1) is 0 Å². The summed E-state index contributed by atoms with van der Waals surface area (Å²) in [5.74, 6) is 0.819. The summed E-state index contributed by atoms with van der Waals surface area (Å²) in [6, 6.07) is 5.45. The van der Waals surface area contributed by atoms with Crippen LogP contribution in [0, 0.1) is 5.92 Å². The molecule has 1 nitrogen and oxygen atoms in total. The average Bonchev–Trinajstić information content (AvgIpc) is 3.44. The molecule has 34 heavy (non-hydrogen) atoms. The molecule has 0 spiro atoms. The van der Waals surface area contributed by atoms with E-state index in [1.165, 1.54) is 57.8 Å². The summed E-state index contributed by atoms with van der Waals surface area (Å²) in [7, 11) is 0. The molecule has 0 saturated carbocycles. The van der Waals surface area contributed by atoms with Gasteiger partial charge in [-0.05, 0) is 0 Å². The first-order valence-corrected chi connectivity index (χ1v) is 35.5. The minimum absolute atomic E-state index is 0.232. The predicted octanol–water partition coefficient (Wildman–Crippen LogP) is 8.72. The van der Waals surface area contributed by atoms with Gasteiger partial charge in [-0.2, -0.15) is 0 Å². The van der Waals surface area contributed by atoms with Gasteiger partial charge in [0.15, 0.2) is 0 Å². The van der Waals surface area contributed by atoms with E-state index in [4.69, 9.17) is 0 Å². The van der Waals surface area contributed by atoms with Crippen LogP contribution in [0.1, 0.15) is 89.2 Å². The zero-order chi connectivity index (χ0) is 25.1. The molecule has 1 aliphatic rings. The molecule has 192 valence electrons. The van der Waals surface area contributed by atoms with Crippen molar-refractivity contribution in [3.63, 3.8) is 0 Å². The fourth-order valence-corrected chi connectivity index (χ4v) is 18.7. The van der Waals surface area contributed by atoms with Crippen LogP contribution < -0.4 is 5.79 Å². The first-order chi connectivity index (χ1) is 16.0. The molecule has 0 radical (unpaired) electrons. The van der Waals surface area contributed by atoms with Crippen LogP contribution in [0.5, 0.6) is 0 Å². The van der Waals surface area contributed by atoms with Crippen molar-refractivity contribution in [3.8, 4) is 9.75 Å². The van der Waals surface area contributed by atoms with Gasteiger partial charge in [0.1, 0.15) is 0 Å². The molecule has 3 rings (SSSR count). The van der Waals surface area contributed by atoms with E-state index in [9.17, 15) is 5.11 Å². The second kappa shape index (κ2) is 12.2. The van der Waals surface area contributed by atoms with Crippen molar-refractivity contribution in [1.82, 2.24) is 0 Å². The number of unbranched alkanes of at least 4 members (excludes halogenated alkanes) is 4. The fraction of sp³-hybridized carbons (Fsp3) is 0.724. The molecule has 0 aromatic carbocycles. The third-order valence-corrected chi connectivity index (χ3v) is 29.2. The first kappa shape index (κ1) is 29.5. The van der Waals surface area contributed by atoms with E-state index in [1.807, 2.05) is 0 Å². The van der Waals surface area contributed by atoms with Crippen molar-refractivity contribution in [3.05, 3.63) is 23.3 Å². The van der Waals surface area contributed by atoms with Crippen LogP contribution in [-0.4, -0.2) is 48.5 Å². The van der Waals surface area contributed by atoms with Crippen LogP contribution in [-0.2, 0) is 5.41 Å². The molecule has 5 heteroatoms. The summed E-state index contributed by atoms with van der Waals surface area (Å²) in [4.78, 5) is 18.9. The zero-order valence-electron chi connectivity index (χ0n) is 23.3. The Kier molecular flexibility index (Phi) is 10.6. The van der Waals surface area contributed by atoms with E-state index in [2.05, 4.69) is 78.3 Å². The van der Waals surface area contributed by atoms with E-state index in [-0.39, 0.29) is 5.41 Å². The molecule has 1 atom stereocenters. The van der Waals surface area contributed by atoms with Gasteiger partial charge in [0.2, 0.25) is 0 Å². The van der Waals surface area contributed by atoms with Crippen molar-refractivity contribution < 1.29 is 5.11 Å². The standard InChI is InChI=1S/C23H32OS2.6CH3.2Sn/c1-3-5-10-18(4-2)17-23(13-8-6-7-9-14-24)19-11-15-25-21(19)22-20(23)12-16-26-22;;;;;;;;/h11-12,18,24H,3-10,13-14,17H2,1-2H3;6*1H3;;. The van der Waals surface area contributed by atoms with Crippen molar-refractivity contribution in [1.29, 1.82) is 0 Å². The van der Waals surface area contributed by atoms with Crippen LogP contribution in [0.4, 0.5) is 0 Å². The Labute approximate surface area is 226 Å². The molecule has 1 unspecified atom stereocenters. The van der Waals surface area contributed by atoms with E-state index < -0.39 is 36.8 Å². The Morgan fingerprint density at radius 2 is 1.32 bits per heavy atom. The predicted molar refractivity (Wildman–Crippen MR) is 162 cm³/mol. The molecule has 1 N–H and O–H groups in total. The Bertz CT molecular complexity index is 871. The van der Waals surface area contributed by atoms with E-state index >= 15 is 0 Å². The molecular weight excluding hydrogens is 666 g/mol. The first-order valence-electron chi connectivity index (χ1n) is 13.9. The molecule has 0 aliphatic heterocycles. The number of rotatable bonds is 14. The Morgan fingerprint density at radius 3 is 1.76 bits per heavy atom. The summed E-state index contributed by atoms with van der Waals surface area (Å²) in [5.41, 5.74) is 3.69. The van der Waals surface area contributed by atoms with Gasteiger partial charge in [-0.25, -0.2) is 0 Å². The van der Waals surface area contributed by atoms with Gasteiger partial charge in [-0.3, -0.25) is 0 Å². The third-order valence-electron chi connectivity index (χ3n) is 7.87. The second-order valence-corrected chi connectivity index (χ2v) is 45.7. The number of fused-ring (bicyclic) bond motifs is 3. The van der Waals surface area contributed by atoms with Crippen molar-refractivity contribution >= 4 is 65.2 Å². The minimum atomic E-state index is -2.15. The molecule has 0 bridgehead atoms. The molecule has 1 aliphatic carbocycles. The van der Waals surface area contributed by atoms with Crippen LogP contribution in [0.25, 0.3) is 9.75 Å². The van der Waals surface area contributed by atoms with Gasteiger partial charge in [-0.1, -0.05) is 0 Å². The average molecular weight is 716 g/mol. The van der Waals surface area contributed by atoms with E-state index in [0.29, 0.717) is 6.61 Å². The summed E-state index contributed by atoms with van der Waals surface area (Å²) in [5, 5.41) is 9.29. The molecule has 2 aromatic rings. The maximum atomic E-state index is 9.29. The Hall–Kier alpha value is 0.957. The van der Waals surface area contributed by atoms with Crippen LogP contribution >= 0.6 is 22.7 Å². The van der Waals surface area contributed by atoms with Gasteiger partial charge in [0.05, 0.1) is 0 Å². The van der Waals surface area contributed by atoms with Crippen LogP contribution in [0.3, 0.4) is 0 Å². The second-order valence-electron chi connectivity index (χ2n) is 12.8. The molecule has 2 aromatic heterocycles. The summed E-state index contributed by atoms with van der Waals surface area (Å²) >= 11 is 0.0918. The zero-order valence-corrected chi connectivity index (χ0v) is 30.6. The Balaban J connectivity index is 2.13. The van der Waals surface area contributed by atoms with Gasteiger partial charge in [0.25, 0.3) is 0 Å². The number of hydrogen-bond acceptors (Lipinski definition) is 3. The number of aliphatic hydroxyl groups excluding tert-OH is 1. The molecule has 2 heterocycles. The molecule has 0 saturated heterocycles. The maximum absolute atomic E-state index is 9.29. The van der Waals surface area contributed by atoms with Gasteiger partial charge < -0.3 is 0 Å². The topological polar surface area (TPSA) is 20.2 Å². The quantitative estimate of drug-likeness (QED) is 0.153. The fourth-order valence-electron chi connectivity index (χ4n) is 5.63. The molecule has 0 amide bonds. The van der Waals surface area contributed by atoms with Crippen molar-refractivity contribution in [2.75, 3.05) is 6.61 Å². The summed E-state index contributed by atoms with van der Waals surface area (Å²) in [6.07, 6.45) is 12.7.